The smallest absolute Gasteiger partial charge is 0.221 e. The van der Waals surface area contributed by atoms with Crippen LogP contribution in [0.2, 0.25) is 0 Å². The SMILES string of the molecule is c1ccc([Si](c2ccccc2)(c2ccccc2)c2ccc3c(c2)c2cc([Si](c4ccccc4)(c4ccccc4)c4ccccc4)ccc2n3-c2cc(-n3c4ccc([Si](c5ccccc5)(c5ccccc5)c5ccccc5)cc4n4c5cc([Si](c6ccccc6)(c6ccccc6)c6ccccc6)ccc5nc34)nc(-c3cccc(-n4c5ccccc5c5ccccc54)c3)n2)cc1. The summed E-state index contributed by atoms with van der Waals surface area (Å²) in [6.07, 6.45) is 0. The molecule has 19 aromatic carbocycles. The largest absolute Gasteiger partial charge is 0.309 e. The second kappa shape index (κ2) is 32.1. The molecule has 0 amide bonds. The lowest BCUT2D eigenvalue weighted by Gasteiger charge is -2.34. The lowest BCUT2D eigenvalue weighted by atomic mass is 10.1. The Bertz CT molecular complexity index is 7690. The van der Waals surface area contributed by atoms with Crippen molar-refractivity contribution in [2.45, 2.75) is 0 Å². The molecular formula is C119H85N7Si4. The standard InChI is InChI=1S/C119H85N7Si4/c1-13-44-88(45-14-1)127(89-46-15-2-16-47-89,90-48-17-3-18-49-90)100-73-77-111-106(81-100)107-82-101(128(91-50-19-4-20-51-91,92-52-21-5-22-53-92)93-54-23-6-24-55-93)74-78-112(107)124(111)116-85-117(122-118(121-116)86-42-41-43-87(80-86)123-109-70-39-37-68-104(109)105-69-38-40-71-110(105)123)126-113-79-75-103(130(97-62-31-10-32-63-97,98-64-33-11-34-65-98)99-66-35-12-36-67-99)84-115(113)125-114-83-102(72-76-108(114)120-119(125)126)129(94-56-25-7-26-57-94,95-58-27-8-28-59-95)96-60-29-9-30-61-96/h1-85H. The number of imidazole rings is 2. The van der Waals surface area contributed by atoms with Crippen LogP contribution >= 0.6 is 0 Å². The summed E-state index contributed by atoms with van der Waals surface area (Å²) in [6.45, 7) is 0. The highest BCUT2D eigenvalue weighted by molar-refractivity contribution is 7.22. The van der Waals surface area contributed by atoms with E-state index in [0.29, 0.717) is 17.5 Å². The molecule has 11 heteroatoms. The summed E-state index contributed by atoms with van der Waals surface area (Å²) in [6, 6.07) is 194. The Labute approximate surface area is 758 Å². The molecule has 0 atom stereocenters. The molecule has 130 heavy (non-hydrogen) atoms. The first kappa shape index (κ1) is 77.6. The third kappa shape index (κ3) is 12.2. The molecule has 7 nitrogen and oxygen atoms in total. The van der Waals surface area contributed by atoms with Crippen molar-refractivity contribution in [3.63, 3.8) is 0 Å². The monoisotopic (exact) mass is 1720 g/mol. The van der Waals surface area contributed by atoms with E-state index in [1.807, 2.05) is 0 Å². The Morgan fingerprint density at radius 2 is 0.438 bits per heavy atom. The third-order valence-corrected chi connectivity index (χ3v) is 46.5. The molecule has 0 unspecified atom stereocenters. The van der Waals surface area contributed by atoms with Crippen LogP contribution in [0.25, 0.3) is 100 Å². The van der Waals surface area contributed by atoms with Gasteiger partial charge in [-0.15, -0.1) is 0 Å². The molecule has 0 spiro atoms. The average Bonchev–Trinajstić information content (AvgIpc) is 1.57. The zero-order chi connectivity index (χ0) is 86.2. The van der Waals surface area contributed by atoms with Crippen LogP contribution in [-0.4, -0.2) is 65.3 Å². The molecule has 0 saturated heterocycles. The summed E-state index contributed by atoms with van der Waals surface area (Å²) in [5, 5.41) is 25.1. The number of para-hydroxylation sites is 2. The lowest BCUT2D eigenvalue weighted by molar-refractivity contribution is 0.980. The van der Waals surface area contributed by atoms with Gasteiger partial charge in [-0.25, -0.2) is 15.0 Å². The van der Waals surface area contributed by atoms with Crippen molar-refractivity contribution in [3.8, 4) is 28.7 Å². The molecule has 0 bridgehead atoms. The Kier molecular flexibility index (Phi) is 19.2. The van der Waals surface area contributed by atoms with Crippen LogP contribution in [-0.2, 0) is 0 Å². The highest BCUT2D eigenvalue weighted by atomic mass is 28.3. The van der Waals surface area contributed by atoms with Gasteiger partial charge in [0.1, 0.15) is 11.6 Å². The molecule has 0 N–H and O–H groups in total. The number of aromatic nitrogens is 7. The van der Waals surface area contributed by atoms with Crippen molar-refractivity contribution in [2.24, 2.45) is 0 Å². The van der Waals surface area contributed by atoms with E-state index in [0.717, 1.165) is 71.9 Å². The summed E-state index contributed by atoms with van der Waals surface area (Å²) in [5.74, 6) is 2.62. The first-order valence-corrected chi connectivity index (χ1v) is 52.7. The van der Waals surface area contributed by atoms with Crippen molar-refractivity contribution < 1.29 is 0 Å². The molecule has 24 aromatic rings. The fourth-order valence-corrected chi connectivity index (χ4v) is 41.0. The van der Waals surface area contributed by atoms with Gasteiger partial charge < -0.3 is 4.57 Å². The summed E-state index contributed by atoms with van der Waals surface area (Å²) in [4.78, 5) is 18.3. The highest BCUT2D eigenvalue weighted by Crippen LogP contribution is 2.38. The fraction of sp³-hybridized carbons (Fsp3) is 0. The van der Waals surface area contributed by atoms with Gasteiger partial charge in [0.05, 0.1) is 44.1 Å². The van der Waals surface area contributed by atoms with E-state index in [1.165, 1.54) is 93.8 Å². The molecule has 5 aromatic heterocycles. The van der Waals surface area contributed by atoms with Gasteiger partial charge in [0.15, 0.2) is 38.1 Å². The van der Waals surface area contributed by atoms with Crippen LogP contribution < -0.4 is 83.0 Å². The molecule has 0 aliphatic rings. The van der Waals surface area contributed by atoms with Crippen molar-refractivity contribution in [3.05, 3.63) is 516 Å². The van der Waals surface area contributed by atoms with Crippen molar-refractivity contribution in [1.29, 1.82) is 0 Å². The van der Waals surface area contributed by atoms with Crippen LogP contribution in [0.5, 0.6) is 0 Å². The second-order valence-corrected chi connectivity index (χ2v) is 49.2. The van der Waals surface area contributed by atoms with E-state index in [1.54, 1.807) is 0 Å². The van der Waals surface area contributed by atoms with Gasteiger partial charge in [-0.05, 0) is 144 Å². The highest BCUT2D eigenvalue weighted by Gasteiger charge is 2.47. The summed E-state index contributed by atoms with van der Waals surface area (Å²) in [7, 11) is -12.7. The summed E-state index contributed by atoms with van der Waals surface area (Å²) in [5.41, 5.74) is 9.87. The van der Waals surface area contributed by atoms with Crippen molar-refractivity contribution in [1.82, 2.24) is 33.1 Å². The van der Waals surface area contributed by atoms with E-state index < -0.39 is 32.3 Å². The van der Waals surface area contributed by atoms with Gasteiger partial charge in [-0.3, -0.25) is 13.5 Å². The maximum Gasteiger partial charge on any atom is 0.221 e. The Morgan fingerprint density at radius 3 is 0.777 bits per heavy atom. The Hall–Kier alpha value is -16.0. The normalized spacial score (nSPS) is 12.2. The van der Waals surface area contributed by atoms with Crippen molar-refractivity contribution in [2.75, 3.05) is 0 Å². The van der Waals surface area contributed by atoms with Crippen LogP contribution in [0.15, 0.2) is 516 Å². The number of fused-ring (bicyclic) bond motifs is 11. The molecule has 612 valence electrons. The lowest BCUT2D eigenvalue weighted by Crippen LogP contribution is -2.74. The second-order valence-electron chi connectivity index (χ2n) is 34.0. The van der Waals surface area contributed by atoms with Crippen LogP contribution in [0, 0.1) is 0 Å². The predicted octanol–water partition coefficient (Wildman–Crippen LogP) is 16.6. The third-order valence-electron chi connectivity index (χ3n) is 27.4. The van der Waals surface area contributed by atoms with E-state index in [-0.39, 0.29) is 0 Å². The number of hydrogen-bond acceptors (Lipinski definition) is 3. The Balaban J connectivity index is 0.840. The molecule has 0 radical (unpaired) electrons. The minimum atomic E-state index is -3.22. The number of benzene rings is 19. The van der Waals surface area contributed by atoms with Gasteiger partial charge in [0.25, 0.3) is 0 Å². The molecule has 0 aliphatic carbocycles. The van der Waals surface area contributed by atoms with Gasteiger partial charge >= 0.3 is 0 Å². The first-order valence-electron chi connectivity index (χ1n) is 44.7. The topological polar surface area (TPSA) is 57.9 Å². The maximum absolute atomic E-state index is 6.14. The Morgan fingerprint density at radius 1 is 0.162 bits per heavy atom. The first-order chi connectivity index (χ1) is 64.5. The predicted molar refractivity (Wildman–Crippen MR) is 554 cm³/mol. The van der Waals surface area contributed by atoms with Crippen LogP contribution in [0.1, 0.15) is 0 Å². The van der Waals surface area contributed by atoms with E-state index in [9.17, 15) is 0 Å². The fourth-order valence-electron chi connectivity index (χ4n) is 21.9. The zero-order valence-electron chi connectivity index (χ0n) is 71.2. The number of rotatable bonds is 20. The molecular weight excluding hydrogens is 1640 g/mol. The molecule has 0 fully saturated rings. The molecule has 0 aliphatic heterocycles. The van der Waals surface area contributed by atoms with Crippen LogP contribution in [0.3, 0.4) is 0 Å². The van der Waals surface area contributed by atoms with Gasteiger partial charge in [-0.2, -0.15) is 0 Å². The van der Waals surface area contributed by atoms with E-state index in [4.69, 9.17) is 15.0 Å². The summed E-state index contributed by atoms with van der Waals surface area (Å²) >= 11 is 0. The molecule has 0 saturated carbocycles. The minimum absolute atomic E-state index is 0.550. The summed E-state index contributed by atoms with van der Waals surface area (Å²) < 4.78 is 9.66. The molecule has 5 heterocycles. The van der Waals surface area contributed by atoms with Gasteiger partial charge in [0, 0.05) is 38.9 Å². The van der Waals surface area contributed by atoms with E-state index in [2.05, 4.69) is 534 Å². The quantitative estimate of drug-likeness (QED) is 0.0564. The van der Waals surface area contributed by atoms with Crippen molar-refractivity contribution >= 4 is 187 Å². The van der Waals surface area contributed by atoms with E-state index >= 15 is 0 Å². The zero-order valence-corrected chi connectivity index (χ0v) is 75.2. The average molecular weight is 1730 g/mol. The van der Waals surface area contributed by atoms with Crippen LogP contribution in [0.4, 0.5) is 0 Å². The number of nitrogens with zero attached hydrogens (tertiary/aromatic N) is 7. The van der Waals surface area contributed by atoms with Gasteiger partial charge in [-0.1, -0.05) is 449 Å². The maximum atomic E-state index is 6.14. The van der Waals surface area contributed by atoms with Gasteiger partial charge in [0.2, 0.25) is 5.78 Å². The molecule has 24 rings (SSSR count). The number of hydrogen-bond donors (Lipinski definition) is 0. The minimum Gasteiger partial charge on any atom is -0.309 e.